The second-order valence-corrected chi connectivity index (χ2v) is 11.9. The van der Waals surface area contributed by atoms with Crippen molar-refractivity contribution in [1.29, 1.82) is 0 Å². The normalized spacial score (nSPS) is 12.3. The molecule has 0 aliphatic carbocycles. The van der Waals surface area contributed by atoms with Crippen LogP contribution in [0.5, 0.6) is 0 Å². The van der Waals surface area contributed by atoms with E-state index in [-0.39, 0.29) is 5.91 Å². The third-order valence-corrected chi connectivity index (χ3v) is 8.04. The minimum atomic E-state index is -1.05. The van der Waals surface area contributed by atoms with Crippen LogP contribution in [-0.4, -0.2) is 31.2 Å². The highest BCUT2D eigenvalue weighted by molar-refractivity contribution is 5.86. The minimum Gasteiger partial charge on any atom is -0.361 e. The van der Waals surface area contributed by atoms with Crippen LogP contribution in [0.4, 0.5) is 0 Å². The van der Waals surface area contributed by atoms with Crippen molar-refractivity contribution < 1.29 is 4.79 Å². The Hall–Kier alpha value is -5.01. The van der Waals surface area contributed by atoms with Crippen molar-refractivity contribution in [3.05, 3.63) is 144 Å². The van der Waals surface area contributed by atoms with Crippen LogP contribution in [0.15, 0.2) is 115 Å². The van der Waals surface area contributed by atoms with Gasteiger partial charge in [0.15, 0.2) is 5.82 Å². The highest BCUT2D eigenvalue weighted by Crippen LogP contribution is 2.27. The van der Waals surface area contributed by atoms with Gasteiger partial charge in [-0.1, -0.05) is 103 Å². The lowest BCUT2D eigenvalue weighted by Crippen LogP contribution is -2.50. The highest BCUT2D eigenvalue weighted by atomic mass is 16.2. The van der Waals surface area contributed by atoms with Crippen molar-refractivity contribution in [1.82, 2.24) is 25.1 Å². The van der Waals surface area contributed by atoms with Crippen LogP contribution < -0.4 is 11.1 Å². The van der Waals surface area contributed by atoms with Gasteiger partial charge in [-0.05, 0) is 54.2 Å². The van der Waals surface area contributed by atoms with E-state index in [1.54, 1.807) is 13.8 Å². The molecule has 0 saturated carbocycles. The van der Waals surface area contributed by atoms with E-state index in [9.17, 15) is 4.79 Å². The van der Waals surface area contributed by atoms with Gasteiger partial charge in [-0.2, -0.15) is 0 Å². The van der Waals surface area contributed by atoms with E-state index in [4.69, 9.17) is 15.9 Å². The second kappa shape index (κ2) is 12.7. The number of aromatic nitrogens is 4. The molecule has 2 heterocycles. The van der Waals surface area contributed by atoms with Crippen LogP contribution >= 0.6 is 0 Å². The van der Waals surface area contributed by atoms with Crippen molar-refractivity contribution in [3.8, 4) is 11.1 Å². The van der Waals surface area contributed by atoms with E-state index < -0.39 is 11.6 Å². The number of amides is 1. The molecule has 6 rings (SSSR count). The molecule has 0 aliphatic heterocycles. The van der Waals surface area contributed by atoms with E-state index in [0.29, 0.717) is 18.8 Å². The van der Waals surface area contributed by atoms with Crippen LogP contribution in [-0.2, 0) is 30.6 Å². The number of fused-ring (bicyclic) bond motifs is 1. The summed E-state index contributed by atoms with van der Waals surface area (Å²) in [7, 11) is 0. The number of carbonyl (C=O) groups excluding carboxylic acids is 1. The molecule has 222 valence electrons. The third-order valence-electron chi connectivity index (χ3n) is 8.04. The van der Waals surface area contributed by atoms with Gasteiger partial charge in [-0.3, -0.25) is 4.79 Å². The first kappa shape index (κ1) is 29.1. The molecule has 1 amide bonds. The lowest BCUT2D eigenvalue weighted by molar-refractivity contribution is -0.126. The maximum absolute atomic E-state index is 13.3. The first-order chi connectivity index (χ1) is 21.3. The van der Waals surface area contributed by atoms with Crippen molar-refractivity contribution in [2.24, 2.45) is 5.73 Å². The van der Waals surface area contributed by atoms with Gasteiger partial charge in [0, 0.05) is 29.9 Å². The second-order valence-electron chi connectivity index (χ2n) is 11.9. The van der Waals surface area contributed by atoms with Gasteiger partial charge in [0.05, 0.1) is 18.1 Å². The number of rotatable bonds is 11. The molecule has 0 saturated heterocycles. The van der Waals surface area contributed by atoms with Gasteiger partial charge in [-0.15, -0.1) is 10.2 Å². The monoisotopic (exact) mass is 582 g/mol. The first-order valence-electron chi connectivity index (χ1n) is 15.1. The molecule has 4 aromatic carbocycles. The molecule has 4 N–H and O–H groups in total. The van der Waals surface area contributed by atoms with Gasteiger partial charge in [0.2, 0.25) is 5.91 Å². The largest absolute Gasteiger partial charge is 0.361 e. The van der Waals surface area contributed by atoms with Gasteiger partial charge >= 0.3 is 0 Å². The minimum absolute atomic E-state index is 0.241. The topological polar surface area (TPSA) is 102 Å². The fourth-order valence-corrected chi connectivity index (χ4v) is 5.55. The standard InChI is InChI=1S/C37H38N6O/c1-37(2,38)36(44)40-33(23-30-24-39-32-16-10-9-15-31(30)32)35-42-41-34(22-19-26-11-5-3-6-12-26)43(35)25-27-17-20-29(21-18-27)28-13-7-4-8-14-28/h3-18,20-21,24,33,39H,19,22-23,25,38H2,1-2H3,(H,40,44)/t33-/m1/s1. The predicted molar refractivity (Wildman–Crippen MR) is 176 cm³/mol. The maximum Gasteiger partial charge on any atom is 0.240 e. The van der Waals surface area contributed by atoms with Gasteiger partial charge in [0.1, 0.15) is 5.82 Å². The summed E-state index contributed by atoms with van der Waals surface area (Å²) in [4.78, 5) is 16.7. The van der Waals surface area contributed by atoms with Crippen LogP contribution in [0.1, 0.15) is 48.2 Å². The van der Waals surface area contributed by atoms with Gasteiger partial charge in [-0.25, -0.2) is 0 Å². The molecule has 0 radical (unpaired) electrons. The van der Waals surface area contributed by atoms with E-state index in [1.165, 1.54) is 11.1 Å². The summed E-state index contributed by atoms with van der Waals surface area (Å²) in [6, 6.07) is 37.1. The molecule has 0 fully saturated rings. The number of para-hydroxylation sites is 1. The average molecular weight is 583 g/mol. The van der Waals surface area contributed by atoms with E-state index in [0.717, 1.165) is 46.3 Å². The summed E-state index contributed by atoms with van der Waals surface area (Å²) in [5.74, 6) is 1.35. The summed E-state index contributed by atoms with van der Waals surface area (Å²) in [6.45, 7) is 4.01. The molecule has 2 aromatic heterocycles. The molecule has 0 unspecified atom stereocenters. The van der Waals surface area contributed by atoms with Crippen LogP contribution in [0.2, 0.25) is 0 Å². The van der Waals surface area contributed by atoms with E-state index >= 15 is 0 Å². The van der Waals surface area contributed by atoms with Crippen molar-refractivity contribution in [3.63, 3.8) is 0 Å². The third kappa shape index (κ3) is 6.63. The Morgan fingerprint density at radius 2 is 1.48 bits per heavy atom. The van der Waals surface area contributed by atoms with Gasteiger partial charge in [0.25, 0.3) is 0 Å². The Morgan fingerprint density at radius 3 is 2.20 bits per heavy atom. The van der Waals surface area contributed by atoms with E-state index in [2.05, 4.69) is 99.8 Å². The first-order valence-corrected chi connectivity index (χ1v) is 15.1. The zero-order valence-corrected chi connectivity index (χ0v) is 25.2. The number of aromatic amines is 1. The van der Waals surface area contributed by atoms with Crippen molar-refractivity contribution in [2.75, 3.05) is 0 Å². The number of hydrogen-bond acceptors (Lipinski definition) is 4. The Bertz CT molecular complexity index is 1830. The molecule has 0 aliphatic rings. The number of nitrogens with one attached hydrogen (secondary N) is 2. The zero-order chi connectivity index (χ0) is 30.5. The number of H-pyrrole nitrogens is 1. The Kier molecular flexibility index (Phi) is 8.39. The molecule has 0 spiro atoms. The molecule has 7 heteroatoms. The summed E-state index contributed by atoms with van der Waals surface area (Å²) in [5.41, 5.74) is 12.1. The summed E-state index contributed by atoms with van der Waals surface area (Å²) in [5, 5.41) is 13.8. The SMILES string of the molecule is CC(C)(N)C(=O)N[C@H](Cc1c[nH]c2ccccc12)c1nnc(CCc2ccccc2)n1Cc1ccc(-c2ccccc2)cc1. The lowest BCUT2D eigenvalue weighted by Gasteiger charge is -2.25. The van der Waals surface area contributed by atoms with Crippen LogP contribution in [0.25, 0.3) is 22.0 Å². The van der Waals surface area contributed by atoms with E-state index in [1.807, 2.05) is 30.5 Å². The number of nitrogens with zero attached hydrogens (tertiary/aromatic N) is 3. The van der Waals surface area contributed by atoms with Crippen LogP contribution in [0.3, 0.4) is 0 Å². The summed E-state index contributed by atoms with van der Waals surface area (Å²) < 4.78 is 2.17. The number of carbonyl (C=O) groups is 1. The predicted octanol–water partition coefficient (Wildman–Crippen LogP) is 6.40. The molecule has 44 heavy (non-hydrogen) atoms. The average Bonchev–Trinajstić information content (AvgIpc) is 3.64. The molecule has 0 bridgehead atoms. The summed E-state index contributed by atoms with van der Waals surface area (Å²) >= 11 is 0. The Labute approximate surface area is 258 Å². The Morgan fingerprint density at radius 1 is 0.818 bits per heavy atom. The molecule has 6 aromatic rings. The Balaban J connectivity index is 1.37. The molecular weight excluding hydrogens is 544 g/mol. The highest BCUT2D eigenvalue weighted by Gasteiger charge is 2.29. The summed E-state index contributed by atoms with van der Waals surface area (Å²) in [6.07, 6.45) is 4.10. The number of aryl methyl sites for hydroxylation is 2. The number of benzene rings is 4. The fourth-order valence-electron chi connectivity index (χ4n) is 5.55. The zero-order valence-electron chi connectivity index (χ0n) is 25.2. The molecule has 1 atom stereocenters. The molecular formula is C37H38N6O. The van der Waals surface area contributed by atoms with Crippen LogP contribution in [0, 0.1) is 0 Å². The van der Waals surface area contributed by atoms with Gasteiger partial charge < -0.3 is 20.6 Å². The molecule has 7 nitrogen and oxygen atoms in total. The fraction of sp³-hybridized carbons (Fsp3) is 0.216. The number of hydrogen-bond donors (Lipinski definition) is 3. The lowest BCUT2D eigenvalue weighted by atomic mass is 10.0. The maximum atomic E-state index is 13.3. The smallest absolute Gasteiger partial charge is 0.240 e. The number of nitrogens with two attached hydrogens (primary N) is 1. The van der Waals surface area contributed by atoms with Crippen molar-refractivity contribution in [2.45, 2.75) is 51.2 Å². The quantitative estimate of drug-likeness (QED) is 0.165. The van der Waals surface area contributed by atoms with Crippen molar-refractivity contribution >= 4 is 16.8 Å².